The number of benzene rings is 2. The van der Waals surface area contributed by atoms with Crippen molar-refractivity contribution in [3.8, 4) is 5.88 Å². The Balaban J connectivity index is 2.09. The number of anilines is 1. The minimum Gasteiger partial charge on any atom is -0.478 e. The summed E-state index contributed by atoms with van der Waals surface area (Å²) in [5, 5.41) is 0.165. The van der Waals surface area contributed by atoms with Crippen molar-refractivity contribution in [2.24, 2.45) is 0 Å². The second kappa shape index (κ2) is 6.26. The Labute approximate surface area is 144 Å². The predicted octanol–water partition coefficient (Wildman–Crippen LogP) is 3.40. The van der Waals surface area contributed by atoms with Crippen LogP contribution in [0.2, 0.25) is 5.02 Å². The summed E-state index contributed by atoms with van der Waals surface area (Å²) in [6.07, 6.45) is 0. The number of hydrogen-bond acceptors (Lipinski definition) is 5. The zero-order valence-corrected chi connectivity index (χ0v) is 14.5. The lowest BCUT2D eigenvalue weighted by Gasteiger charge is -2.12. The molecule has 0 saturated heterocycles. The average Bonchev–Trinajstić information content (AvgIpc) is 2.56. The van der Waals surface area contributed by atoms with Gasteiger partial charge in [-0.25, -0.2) is 18.4 Å². The maximum absolute atomic E-state index is 12.7. The number of fused-ring (bicyclic) bond motifs is 1. The van der Waals surface area contributed by atoms with Crippen LogP contribution in [0.1, 0.15) is 5.56 Å². The lowest BCUT2D eigenvalue weighted by Crippen LogP contribution is -2.16. The molecule has 0 spiro atoms. The van der Waals surface area contributed by atoms with Gasteiger partial charge in [0.2, 0.25) is 5.82 Å². The number of nitrogens with zero attached hydrogens (tertiary/aromatic N) is 2. The summed E-state index contributed by atoms with van der Waals surface area (Å²) in [6, 6.07) is 11.9. The average molecular weight is 364 g/mol. The number of halogens is 1. The second-order valence-corrected chi connectivity index (χ2v) is 7.09. The Morgan fingerprint density at radius 3 is 2.38 bits per heavy atom. The molecule has 0 radical (unpaired) electrons. The molecular formula is C16H14ClN3O3S. The summed E-state index contributed by atoms with van der Waals surface area (Å²) in [5.41, 5.74) is 1.81. The molecule has 0 amide bonds. The number of aromatic nitrogens is 2. The van der Waals surface area contributed by atoms with Crippen molar-refractivity contribution in [2.75, 3.05) is 11.8 Å². The van der Waals surface area contributed by atoms with Crippen LogP contribution in [0, 0.1) is 6.92 Å². The van der Waals surface area contributed by atoms with Gasteiger partial charge >= 0.3 is 0 Å². The van der Waals surface area contributed by atoms with Gasteiger partial charge in [0.1, 0.15) is 4.90 Å². The minimum atomic E-state index is -3.93. The molecule has 6 nitrogen and oxygen atoms in total. The first kappa shape index (κ1) is 16.5. The molecule has 0 saturated carbocycles. The fourth-order valence-electron chi connectivity index (χ4n) is 2.20. The van der Waals surface area contributed by atoms with Crippen LogP contribution < -0.4 is 9.46 Å². The molecule has 124 valence electrons. The highest BCUT2D eigenvalue weighted by atomic mass is 35.5. The first-order valence-electron chi connectivity index (χ1n) is 7.01. The first-order valence-corrected chi connectivity index (χ1v) is 8.87. The van der Waals surface area contributed by atoms with Gasteiger partial charge in [0.15, 0.2) is 0 Å². The van der Waals surface area contributed by atoms with Crippen molar-refractivity contribution < 1.29 is 13.2 Å². The molecule has 0 aliphatic carbocycles. The summed E-state index contributed by atoms with van der Waals surface area (Å²) in [5.74, 6) is 0.0924. The van der Waals surface area contributed by atoms with Crippen molar-refractivity contribution in [3.05, 3.63) is 53.1 Å². The second-order valence-electron chi connectivity index (χ2n) is 5.06. The molecule has 3 rings (SSSR count). The number of aryl methyl sites for hydroxylation is 1. The fourth-order valence-corrected chi connectivity index (χ4v) is 3.79. The van der Waals surface area contributed by atoms with Gasteiger partial charge in [-0.3, -0.25) is 4.72 Å². The number of hydrogen-bond donors (Lipinski definition) is 1. The van der Waals surface area contributed by atoms with E-state index in [4.69, 9.17) is 16.3 Å². The quantitative estimate of drug-likeness (QED) is 0.768. The molecule has 0 aliphatic rings. The zero-order chi connectivity index (χ0) is 17.3. The zero-order valence-electron chi connectivity index (χ0n) is 12.9. The van der Waals surface area contributed by atoms with Crippen molar-refractivity contribution >= 4 is 38.5 Å². The van der Waals surface area contributed by atoms with E-state index in [1.165, 1.54) is 13.2 Å². The topological polar surface area (TPSA) is 81.2 Å². The van der Waals surface area contributed by atoms with E-state index in [1.54, 1.807) is 37.3 Å². The molecule has 8 heteroatoms. The maximum Gasteiger partial charge on any atom is 0.264 e. The lowest BCUT2D eigenvalue weighted by molar-refractivity contribution is 0.400. The molecule has 1 aromatic heterocycles. The molecule has 1 N–H and O–H groups in total. The highest BCUT2D eigenvalue weighted by molar-refractivity contribution is 7.92. The van der Waals surface area contributed by atoms with E-state index in [0.29, 0.717) is 16.6 Å². The number of para-hydroxylation sites is 2. The highest BCUT2D eigenvalue weighted by Gasteiger charge is 2.22. The third kappa shape index (κ3) is 3.00. The van der Waals surface area contributed by atoms with Gasteiger partial charge in [0.05, 0.1) is 23.2 Å². The lowest BCUT2D eigenvalue weighted by atomic mass is 10.2. The monoisotopic (exact) mass is 363 g/mol. The molecule has 0 atom stereocenters. The third-order valence-corrected chi connectivity index (χ3v) is 5.40. The van der Waals surface area contributed by atoms with Crippen LogP contribution in [0.4, 0.5) is 5.82 Å². The molecule has 24 heavy (non-hydrogen) atoms. The molecule has 0 unspecified atom stereocenters. The van der Waals surface area contributed by atoms with Crippen LogP contribution in [0.3, 0.4) is 0 Å². The Morgan fingerprint density at radius 2 is 1.71 bits per heavy atom. The number of ether oxygens (including phenoxy) is 1. The van der Waals surface area contributed by atoms with Gasteiger partial charge in [0, 0.05) is 0 Å². The SMILES string of the molecule is COc1nc2ccccc2nc1NS(=O)(=O)c1cccc(C)c1Cl. The molecule has 3 aromatic rings. The normalized spacial score (nSPS) is 11.5. The summed E-state index contributed by atoms with van der Waals surface area (Å²) in [4.78, 5) is 8.53. The minimum absolute atomic E-state index is 0.00812. The number of sulfonamides is 1. The van der Waals surface area contributed by atoms with Gasteiger partial charge in [-0.2, -0.15) is 0 Å². The summed E-state index contributed by atoms with van der Waals surface area (Å²) < 4.78 is 32.9. The molecule has 2 aromatic carbocycles. The van der Waals surface area contributed by atoms with Crippen molar-refractivity contribution in [3.63, 3.8) is 0 Å². The highest BCUT2D eigenvalue weighted by Crippen LogP contribution is 2.29. The molecular weight excluding hydrogens is 350 g/mol. The Kier molecular flexibility index (Phi) is 4.29. The van der Waals surface area contributed by atoms with Crippen LogP contribution in [0.25, 0.3) is 11.0 Å². The van der Waals surface area contributed by atoms with E-state index in [-0.39, 0.29) is 21.6 Å². The smallest absolute Gasteiger partial charge is 0.264 e. The Hall–Kier alpha value is -2.38. The van der Waals surface area contributed by atoms with Gasteiger partial charge in [-0.15, -0.1) is 0 Å². The van der Waals surface area contributed by atoms with E-state index in [0.717, 1.165) is 0 Å². The molecule has 0 aliphatic heterocycles. The Bertz CT molecular complexity index is 1020. The van der Waals surface area contributed by atoms with Crippen molar-refractivity contribution in [1.29, 1.82) is 0 Å². The van der Waals surface area contributed by atoms with Gasteiger partial charge < -0.3 is 4.74 Å². The fraction of sp³-hybridized carbons (Fsp3) is 0.125. The number of methoxy groups -OCH3 is 1. The van der Waals surface area contributed by atoms with Gasteiger partial charge in [0.25, 0.3) is 15.9 Å². The predicted molar refractivity (Wildman–Crippen MR) is 93.1 cm³/mol. The summed E-state index contributed by atoms with van der Waals surface area (Å²) in [7, 11) is -2.53. The van der Waals surface area contributed by atoms with Crippen molar-refractivity contribution in [2.45, 2.75) is 11.8 Å². The van der Waals surface area contributed by atoms with Gasteiger partial charge in [-0.05, 0) is 30.7 Å². The third-order valence-electron chi connectivity index (χ3n) is 3.41. The molecule has 0 bridgehead atoms. The van der Waals surface area contributed by atoms with Crippen LogP contribution >= 0.6 is 11.6 Å². The van der Waals surface area contributed by atoms with E-state index in [1.807, 2.05) is 6.07 Å². The first-order chi connectivity index (χ1) is 11.4. The van der Waals surface area contributed by atoms with Gasteiger partial charge in [-0.1, -0.05) is 35.9 Å². The van der Waals surface area contributed by atoms with E-state index in [2.05, 4.69) is 14.7 Å². The molecule has 1 heterocycles. The number of nitrogens with one attached hydrogen (secondary N) is 1. The van der Waals surface area contributed by atoms with E-state index < -0.39 is 10.0 Å². The summed E-state index contributed by atoms with van der Waals surface area (Å²) in [6.45, 7) is 1.73. The van der Waals surface area contributed by atoms with E-state index >= 15 is 0 Å². The number of rotatable bonds is 4. The van der Waals surface area contributed by atoms with Crippen LogP contribution in [-0.4, -0.2) is 25.5 Å². The van der Waals surface area contributed by atoms with E-state index in [9.17, 15) is 8.42 Å². The summed E-state index contributed by atoms with van der Waals surface area (Å²) >= 11 is 6.13. The largest absolute Gasteiger partial charge is 0.478 e. The van der Waals surface area contributed by atoms with Crippen LogP contribution in [0.5, 0.6) is 5.88 Å². The van der Waals surface area contributed by atoms with Crippen LogP contribution in [-0.2, 0) is 10.0 Å². The van der Waals surface area contributed by atoms with Crippen LogP contribution in [0.15, 0.2) is 47.4 Å². The Morgan fingerprint density at radius 1 is 1.04 bits per heavy atom. The molecule has 0 fully saturated rings. The van der Waals surface area contributed by atoms with Crippen molar-refractivity contribution in [1.82, 2.24) is 9.97 Å². The maximum atomic E-state index is 12.7. The standard InChI is InChI=1S/C16H14ClN3O3S/c1-10-6-5-9-13(14(10)17)24(21,22)20-15-16(23-2)19-12-8-4-3-7-11(12)18-15/h3-9H,1-2H3,(H,18,20).